The number of anilines is 1. The molecule has 1 atom stereocenters. The van der Waals surface area contributed by atoms with Crippen LogP contribution in [0.25, 0.3) is 21.8 Å². The minimum Gasteiger partial charge on any atom is -0.480 e. The highest BCUT2D eigenvalue weighted by molar-refractivity contribution is 6.09. The lowest BCUT2D eigenvalue weighted by atomic mass is 10.2. The Morgan fingerprint density at radius 1 is 0.818 bits per heavy atom. The number of ether oxygens (including phenoxy) is 2. The van der Waals surface area contributed by atoms with Gasteiger partial charge in [0.1, 0.15) is 19.3 Å². The summed E-state index contributed by atoms with van der Waals surface area (Å²) in [5.41, 5.74) is 7.88. The zero-order valence-electron chi connectivity index (χ0n) is 17.6. The van der Waals surface area contributed by atoms with E-state index in [0.29, 0.717) is 11.3 Å². The molecule has 3 N–H and O–H groups in total. The number of aliphatic carboxylic acids is 1. The van der Waals surface area contributed by atoms with E-state index in [-0.39, 0.29) is 19.6 Å². The third-order valence-corrected chi connectivity index (χ3v) is 5.30. The summed E-state index contributed by atoms with van der Waals surface area (Å²) in [6.45, 7) is -0.332. The summed E-state index contributed by atoms with van der Waals surface area (Å²) in [6, 6.07) is 20.0. The van der Waals surface area contributed by atoms with Gasteiger partial charge >= 0.3 is 17.9 Å². The number of nitrogen functional groups attached to an aromatic ring is 1. The van der Waals surface area contributed by atoms with E-state index >= 15 is 0 Å². The molecule has 0 saturated heterocycles. The minimum atomic E-state index is -1.15. The smallest absolute Gasteiger partial charge is 0.338 e. The normalized spacial score (nSPS) is 11.9. The van der Waals surface area contributed by atoms with Crippen LogP contribution in [0.3, 0.4) is 0 Å². The Kier molecular flexibility index (Phi) is 6.26. The van der Waals surface area contributed by atoms with Crippen molar-refractivity contribution in [3.8, 4) is 0 Å². The number of rotatable bonds is 8. The summed E-state index contributed by atoms with van der Waals surface area (Å²) < 4.78 is 11.9. The number of fused-ring (bicyclic) bond motifs is 3. The van der Waals surface area contributed by atoms with Crippen molar-refractivity contribution in [2.45, 2.75) is 12.5 Å². The molecule has 0 aliphatic heterocycles. The van der Waals surface area contributed by atoms with Crippen LogP contribution in [0.15, 0.2) is 72.8 Å². The van der Waals surface area contributed by atoms with Gasteiger partial charge in [-0.15, -0.1) is 0 Å². The first kappa shape index (κ1) is 21.9. The predicted molar refractivity (Wildman–Crippen MR) is 123 cm³/mol. The van der Waals surface area contributed by atoms with Crippen molar-refractivity contribution in [3.63, 3.8) is 0 Å². The number of nitrogens with zero attached hydrogens (tertiary/aromatic N) is 1. The number of hydrogen-bond acceptors (Lipinski definition) is 6. The molecular weight excluding hydrogens is 424 g/mol. The first-order valence-electron chi connectivity index (χ1n) is 10.3. The van der Waals surface area contributed by atoms with Gasteiger partial charge in [0, 0.05) is 27.5 Å². The van der Waals surface area contributed by atoms with Crippen molar-refractivity contribution in [2.24, 2.45) is 0 Å². The molecule has 33 heavy (non-hydrogen) atoms. The second-order valence-corrected chi connectivity index (χ2v) is 7.44. The summed E-state index contributed by atoms with van der Waals surface area (Å²) in [4.78, 5) is 36.5. The molecule has 0 fully saturated rings. The fraction of sp³-hybridized carbons (Fsp3) is 0.160. The molecule has 0 saturated carbocycles. The van der Waals surface area contributed by atoms with Crippen molar-refractivity contribution in [2.75, 3.05) is 18.9 Å². The number of carbonyl (C=O) groups is 3. The summed E-state index contributed by atoms with van der Waals surface area (Å²) >= 11 is 0. The summed E-state index contributed by atoms with van der Waals surface area (Å²) in [7, 11) is 0. The maximum absolute atomic E-state index is 12.4. The first-order valence-corrected chi connectivity index (χ1v) is 10.3. The molecule has 0 amide bonds. The average molecular weight is 446 g/mol. The van der Waals surface area contributed by atoms with Gasteiger partial charge in [-0.25, -0.2) is 9.59 Å². The fourth-order valence-corrected chi connectivity index (χ4v) is 3.79. The van der Waals surface area contributed by atoms with E-state index in [1.54, 1.807) is 16.7 Å². The summed E-state index contributed by atoms with van der Waals surface area (Å²) in [5, 5.41) is 11.7. The molecular formula is C25H22N2O6. The highest BCUT2D eigenvalue weighted by Gasteiger charge is 2.27. The van der Waals surface area contributed by atoms with Crippen LogP contribution in [0.5, 0.6) is 0 Å². The largest absolute Gasteiger partial charge is 0.480 e. The molecule has 0 unspecified atom stereocenters. The summed E-state index contributed by atoms with van der Waals surface area (Å²) in [5.74, 6) is -2.42. The van der Waals surface area contributed by atoms with Crippen LogP contribution in [0.2, 0.25) is 0 Å². The van der Waals surface area contributed by atoms with Crippen LogP contribution in [0.4, 0.5) is 5.69 Å². The zero-order chi connectivity index (χ0) is 23.4. The van der Waals surface area contributed by atoms with Crippen LogP contribution >= 0.6 is 0 Å². The molecule has 0 aliphatic carbocycles. The zero-order valence-corrected chi connectivity index (χ0v) is 17.6. The third-order valence-electron chi connectivity index (χ3n) is 5.30. The number of para-hydroxylation sites is 2. The van der Waals surface area contributed by atoms with Gasteiger partial charge in [0.25, 0.3) is 0 Å². The monoisotopic (exact) mass is 446 g/mol. The topological polar surface area (TPSA) is 121 Å². The fourth-order valence-electron chi connectivity index (χ4n) is 3.79. The maximum atomic E-state index is 12.4. The van der Waals surface area contributed by atoms with E-state index in [0.717, 1.165) is 21.8 Å². The predicted octanol–water partition coefficient (Wildman–Crippen LogP) is 3.79. The van der Waals surface area contributed by atoms with E-state index in [1.165, 1.54) is 12.1 Å². The molecule has 0 bridgehead atoms. The standard InChI is InChI=1S/C25H22N2O6/c26-17-11-9-16(10-12-17)25(31)33-14-13-32-23(28)15-22(24(29)30)27-20-7-3-1-5-18(20)19-6-2-4-8-21(19)27/h1-12,22H,13-15,26H2,(H,29,30)/t22-/m0/s1. The number of carboxylic acid groups (broad SMARTS) is 1. The number of nitrogens with two attached hydrogens (primary N) is 1. The third kappa shape index (κ3) is 4.64. The van der Waals surface area contributed by atoms with Gasteiger partial charge in [0.05, 0.1) is 12.0 Å². The quantitative estimate of drug-likeness (QED) is 0.240. The molecule has 1 aromatic heterocycles. The van der Waals surface area contributed by atoms with Gasteiger partial charge in [-0.2, -0.15) is 0 Å². The van der Waals surface area contributed by atoms with E-state index in [1.807, 2.05) is 48.5 Å². The van der Waals surface area contributed by atoms with Gasteiger partial charge in [-0.3, -0.25) is 4.79 Å². The molecule has 8 heteroatoms. The van der Waals surface area contributed by atoms with Crippen LogP contribution < -0.4 is 5.73 Å². The molecule has 0 spiro atoms. The number of benzene rings is 3. The lowest BCUT2D eigenvalue weighted by molar-refractivity contribution is -0.151. The van der Waals surface area contributed by atoms with Gasteiger partial charge in [-0.1, -0.05) is 36.4 Å². The minimum absolute atomic E-state index is 0.151. The second kappa shape index (κ2) is 9.44. The number of hydrogen-bond donors (Lipinski definition) is 2. The Balaban J connectivity index is 1.43. The molecule has 0 radical (unpaired) electrons. The molecule has 168 valence electrons. The number of carbonyl (C=O) groups excluding carboxylic acids is 2. The average Bonchev–Trinajstić information content (AvgIpc) is 3.15. The maximum Gasteiger partial charge on any atom is 0.338 e. The number of aromatic nitrogens is 1. The van der Waals surface area contributed by atoms with E-state index in [2.05, 4.69) is 0 Å². The van der Waals surface area contributed by atoms with Gasteiger partial charge in [0.2, 0.25) is 0 Å². The van der Waals surface area contributed by atoms with Crippen molar-refractivity contribution in [1.29, 1.82) is 0 Å². The molecule has 0 aliphatic rings. The lowest BCUT2D eigenvalue weighted by Crippen LogP contribution is -2.24. The lowest BCUT2D eigenvalue weighted by Gasteiger charge is -2.17. The van der Waals surface area contributed by atoms with E-state index in [4.69, 9.17) is 15.2 Å². The van der Waals surface area contributed by atoms with Crippen LogP contribution in [-0.4, -0.2) is 40.8 Å². The highest BCUT2D eigenvalue weighted by atomic mass is 16.6. The van der Waals surface area contributed by atoms with E-state index in [9.17, 15) is 19.5 Å². The Morgan fingerprint density at radius 3 is 1.94 bits per heavy atom. The van der Waals surface area contributed by atoms with Crippen molar-refractivity contribution in [3.05, 3.63) is 78.4 Å². The van der Waals surface area contributed by atoms with Gasteiger partial charge in [-0.05, 0) is 36.4 Å². The number of carboxylic acids is 1. The van der Waals surface area contributed by atoms with Crippen molar-refractivity contribution in [1.82, 2.24) is 4.57 Å². The van der Waals surface area contributed by atoms with Crippen LogP contribution in [0.1, 0.15) is 22.8 Å². The van der Waals surface area contributed by atoms with Crippen molar-refractivity contribution >= 4 is 45.4 Å². The van der Waals surface area contributed by atoms with Crippen LogP contribution in [0, 0.1) is 0 Å². The molecule has 3 aromatic carbocycles. The Morgan fingerprint density at radius 2 is 1.36 bits per heavy atom. The Labute approximate surface area is 189 Å². The summed E-state index contributed by atoms with van der Waals surface area (Å²) in [6.07, 6.45) is -0.371. The Hall–Kier alpha value is -4.33. The van der Waals surface area contributed by atoms with Crippen molar-refractivity contribution < 1.29 is 29.0 Å². The highest BCUT2D eigenvalue weighted by Crippen LogP contribution is 2.33. The molecule has 4 aromatic rings. The van der Waals surface area contributed by atoms with E-state index < -0.39 is 23.9 Å². The second-order valence-electron chi connectivity index (χ2n) is 7.44. The molecule has 4 rings (SSSR count). The van der Waals surface area contributed by atoms with Crippen LogP contribution in [-0.2, 0) is 19.1 Å². The van der Waals surface area contributed by atoms with Gasteiger partial charge in [0.15, 0.2) is 0 Å². The SMILES string of the molecule is Nc1ccc(C(=O)OCCOC(=O)C[C@@H](C(=O)O)n2c3ccccc3c3ccccc32)cc1. The van der Waals surface area contributed by atoms with Gasteiger partial charge < -0.3 is 24.9 Å². The molecule has 1 heterocycles. The Bertz CT molecular complexity index is 1270. The number of esters is 2. The molecule has 8 nitrogen and oxygen atoms in total. The first-order chi connectivity index (χ1) is 16.0.